The zero-order valence-electron chi connectivity index (χ0n) is 34.0. The predicted molar refractivity (Wildman–Crippen MR) is 234 cm³/mol. The fourth-order valence-electron chi connectivity index (χ4n) is 7.29. The van der Waals surface area contributed by atoms with Crippen molar-refractivity contribution < 1.29 is 65.8 Å². The third-order valence-corrected chi connectivity index (χ3v) is 67.9. The highest BCUT2D eigenvalue weighted by molar-refractivity contribution is 7.11. The Kier molecular flexibility index (Phi) is 14.7. The molecule has 0 aromatic rings. The lowest BCUT2D eigenvalue weighted by atomic mass is 11.9. The van der Waals surface area contributed by atoms with Crippen LogP contribution in [0.4, 0.5) is 0 Å². The van der Waals surface area contributed by atoms with Crippen LogP contribution in [0.1, 0.15) is 0 Å². The Morgan fingerprint density at radius 2 is 0.327 bits per heavy atom. The first-order valence-electron chi connectivity index (χ1n) is 18.9. The predicted octanol–water partition coefficient (Wildman–Crippen LogP) is 1.86. The van der Waals surface area contributed by atoms with Gasteiger partial charge in [0.05, 0.1) is 22.7 Å². The molecule has 0 N–H and O–H groups in total. The van der Waals surface area contributed by atoms with Gasteiger partial charge in [-0.3, -0.25) is 0 Å². The molecule has 0 atom stereocenters. The van der Waals surface area contributed by atoms with Gasteiger partial charge in [-0.15, -0.1) is 0 Å². The Labute approximate surface area is 333 Å². The fraction of sp³-hybridized carbons (Fsp3) is 1.00. The molecule has 0 aromatic carbocycles. The van der Waals surface area contributed by atoms with E-state index in [9.17, 15) is 0 Å². The SMILES string of the molecule is C[SiH](C)O[Si]12C[Si]3(O[SiH](C)C)O[Si]4(O[SiH](C)C)C[Si]5(O[SiH](C)C)O[Si](O[SiH](C)C)(C[Si](O[SiH](C)C)(O1)O4)O[Si](O[SiH](C)C)(C[Si](O[SiH](C)C)(O3)O5)O2. The summed E-state index contributed by atoms with van der Waals surface area (Å²) in [6, 6.07) is 0. The summed E-state index contributed by atoms with van der Waals surface area (Å²) >= 11 is 0. The minimum Gasteiger partial charge on any atom is -0.420 e. The molecule has 304 valence electrons. The third kappa shape index (κ3) is 10.8. The van der Waals surface area contributed by atoms with Crippen molar-refractivity contribution in [1.82, 2.24) is 0 Å². The molecule has 0 aliphatic carbocycles. The molecule has 32 heteroatoms. The molecule has 6 saturated heterocycles. The summed E-state index contributed by atoms with van der Waals surface area (Å²) in [6.07, 6.45) is 0. The lowest BCUT2D eigenvalue weighted by Crippen LogP contribution is -2.88. The van der Waals surface area contributed by atoms with Gasteiger partial charge < -0.3 is 65.8 Å². The van der Waals surface area contributed by atoms with E-state index in [1.807, 2.05) is 0 Å². The molecule has 6 rings (SSSR count). The summed E-state index contributed by atoms with van der Waals surface area (Å²) in [6.45, 7) is 33.8. The van der Waals surface area contributed by atoms with Crippen molar-refractivity contribution in [3.8, 4) is 0 Å². The monoisotopic (exact) mass is 1010 g/mol. The quantitative estimate of drug-likeness (QED) is 0.207. The van der Waals surface area contributed by atoms with Crippen LogP contribution in [0.25, 0.3) is 0 Å². The highest BCUT2D eigenvalue weighted by Gasteiger charge is 2.85. The molecule has 6 heterocycles. The summed E-state index contributed by atoms with van der Waals surface area (Å²) < 4.78 is 118. The van der Waals surface area contributed by atoms with E-state index < -0.39 is 143 Å². The molecule has 0 aromatic heterocycles. The van der Waals surface area contributed by atoms with Gasteiger partial charge in [-0.05, 0) is 105 Å². The third-order valence-electron chi connectivity index (χ3n) is 7.54. The maximum atomic E-state index is 7.65. The zero-order valence-corrected chi connectivity index (χ0v) is 51.2. The van der Waals surface area contributed by atoms with Gasteiger partial charge in [-0.25, -0.2) is 0 Å². The average Bonchev–Trinajstić information content (AvgIpc) is 2.79. The van der Waals surface area contributed by atoms with Crippen LogP contribution in [0.3, 0.4) is 0 Å². The Morgan fingerprint density at radius 1 is 0.231 bits per heavy atom. The van der Waals surface area contributed by atoms with E-state index in [0.717, 1.165) is 0 Å². The summed E-state index contributed by atoms with van der Waals surface area (Å²) in [5.74, 6) is 0. The molecule has 0 unspecified atom stereocenters. The first-order valence-corrected chi connectivity index (χ1v) is 56.6. The maximum absolute atomic E-state index is 7.65. The number of hydrogen-bond acceptors (Lipinski definition) is 16. The van der Waals surface area contributed by atoms with Gasteiger partial charge >= 0.3 is 70.4 Å². The molecule has 16 nitrogen and oxygen atoms in total. The zero-order chi connectivity index (χ0) is 38.8. The highest BCUT2D eigenvalue weighted by atomic mass is 28.6. The van der Waals surface area contributed by atoms with E-state index in [-0.39, 0.29) is 22.7 Å². The van der Waals surface area contributed by atoms with Crippen molar-refractivity contribution in [1.29, 1.82) is 0 Å². The van der Waals surface area contributed by atoms with Crippen LogP contribution in [-0.2, 0) is 65.8 Å². The van der Waals surface area contributed by atoms with Crippen molar-refractivity contribution in [2.24, 2.45) is 0 Å². The average molecular weight is 1010 g/mol. The largest absolute Gasteiger partial charge is 0.480 e. The van der Waals surface area contributed by atoms with Crippen molar-refractivity contribution in [3.63, 3.8) is 0 Å². The van der Waals surface area contributed by atoms with E-state index in [4.69, 9.17) is 65.8 Å². The number of hydrogen-bond donors (Lipinski definition) is 0. The van der Waals surface area contributed by atoms with Crippen LogP contribution in [0.15, 0.2) is 0 Å². The molecule has 0 spiro atoms. The normalized spacial score (nSPS) is 42.0. The van der Waals surface area contributed by atoms with Crippen LogP contribution < -0.4 is 0 Å². The molecule has 0 saturated carbocycles. The lowest BCUT2D eigenvalue weighted by molar-refractivity contribution is 0.0397. The Balaban J connectivity index is 1.97. The summed E-state index contributed by atoms with van der Waals surface area (Å²) in [4.78, 5) is 0. The molecular weight excluding hydrogens is 946 g/mol. The van der Waals surface area contributed by atoms with Gasteiger partial charge in [0.1, 0.15) is 0 Å². The molecule has 52 heavy (non-hydrogen) atoms. The molecule has 6 aliphatic heterocycles. The standard InChI is InChI=1S/C20H64O16Si16/c1-37(2)21-45-17-46(22-38(3)4)30-49(25-41(9)10)18-47(29-45,23-39(5)6)35-50(26-42(11)12)19-48(33-45,24-40(7)8)31-51(34-46,27-43(13)14)20-52(32-50,36-49)28-44(15)16/h37-44H,17-20H2,1-16H3. The second kappa shape index (κ2) is 16.7. The van der Waals surface area contributed by atoms with Gasteiger partial charge in [0.25, 0.3) is 0 Å². The van der Waals surface area contributed by atoms with E-state index in [1.165, 1.54) is 0 Å². The molecule has 6 fully saturated rings. The van der Waals surface area contributed by atoms with Crippen LogP contribution in [-0.4, -0.2) is 143 Å². The summed E-state index contributed by atoms with van der Waals surface area (Å²) in [5, 5.41) is 0. The van der Waals surface area contributed by atoms with Crippen molar-refractivity contribution in [3.05, 3.63) is 0 Å². The van der Waals surface area contributed by atoms with E-state index >= 15 is 0 Å². The van der Waals surface area contributed by atoms with Crippen LogP contribution in [0.2, 0.25) is 127 Å². The molecular formula is C20H64O16Si16. The second-order valence-electron chi connectivity index (χ2n) is 16.3. The van der Waals surface area contributed by atoms with Crippen LogP contribution in [0.5, 0.6) is 0 Å². The van der Waals surface area contributed by atoms with Crippen molar-refractivity contribution in [2.45, 2.75) is 127 Å². The molecule has 6 aliphatic rings. The lowest BCUT2D eigenvalue weighted by Gasteiger charge is -2.62. The minimum atomic E-state index is -3.95. The van der Waals surface area contributed by atoms with Gasteiger partial charge in [0.15, 0.2) is 72.3 Å². The summed E-state index contributed by atoms with van der Waals surface area (Å²) in [5.41, 5.74) is 0.560. The van der Waals surface area contributed by atoms with E-state index in [0.29, 0.717) is 0 Å². The second-order valence-corrected chi connectivity index (χ2v) is 63.8. The van der Waals surface area contributed by atoms with E-state index in [1.54, 1.807) is 0 Å². The van der Waals surface area contributed by atoms with Crippen LogP contribution >= 0.6 is 0 Å². The Hall–Kier alpha value is 2.83. The molecule has 0 amide bonds. The maximum Gasteiger partial charge on any atom is 0.480 e. The Morgan fingerprint density at radius 3 is 0.404 bits per heavy atom. The van der Waals surface area contributed by atoms with Crippen molar-refractivity contribution in [2.75, 3.05) is 0 Å². The fourth-order valence-corrected chi connectivity index (χ4v) is 91.9. The first-order chi connectivity index (χ1) is 23.8. The van der Waals surface area contributed by atoms with Crippen molar-refractivity contribution >= 4 is 143 Å². The molecule has 0 radical (unpaired) electrons. The smallest absolute Gasteiger partial charge is 0.420 e. The van der Waals surface area contributed by atoms with Gasteiger partial charge in [0.2, 0.25) is 0 Å². The summed E-state index contributed by atoms with van der Waals surface area (Å²) in [7, 11) is -46.8. The minimum absolute atomic E-state index is 0.140. The van der Waals surface area contributed by atoms with Gasteiger partial charge in [0, 0.05) is 0 Å². The topological polar surface area (TPSA) is 148 Å². The molecule has 8 bridgehead atoms. The number of rotatable bonds is 16. The highest BCUT2D eigenvalue weighted by Crippen LogP contribution is 2.55. The first kappa shape index (κ1) is 45.9. The van der Waals surface area contributed by atoms with Gasteiger partial charge in [-0.2, -0.15) is 0 Å². The van der Waals surface area contributed by atoms with E-state index in [2.05, 4.69) is 105 Å². The Bertz CT molecular complexity index is 907. The van der Waals surface area contributed by atoms with Crippen LogP contribution in [0, 0.1) is 0 Å². The van der Waals surface area contributed by atoms with Gasteiger partial charge in [-0.1, -0.05) is 0 Å².